The highest BCUT2D eigenvalue weighted by Crippen LogP contribution is 2.63. The predicted octanol–water partition coefficient (Wildman–Crippen LogP) is 19.1. The molecular weight excluding hydrogens is 939 g/mol. The first kappa shape index (κ1) is 48.7. The Bertz CT molecular complexity index is 3630. The SMILES string of the molecule is Cc1cc2c3c(c1)C1(CCCCC1)Cc1cc(C)cc(c1-3)C1(CCCCC1)C2.Cc1cc2c3c(c1)C1(CCc4ccccc41)c1cc(C)cc(c1-3)CC2.Cc1ccc2c(c1)C1(CCN(C)c3ccccc31)c1cc(C)ccc1-2.[HH].[HH]. The largest absolute Gasteiger partial charge is 0.374 e. The van der Waals surface area contributed by atoms with Crippen molar-refractivity contribution < 1.29 is 2.85 Å². The maximum Gasteiger partial charge on any atom is 0.0501 e. The topological polar surface area (TPSA) is 3.24 Å². The van der Waals surface area contributed by atoms with E-state index in [2.05, 4.69) is 187 Å². The molecule has 9 aliphatic rings. The Kier molecular flexibility index (Phi) is 11.1. The summed E-state index contributed by atoms with van der Waals surface area (Å²) in [7, 11) is 2.22. The van der Waals surface area contributed by atoms with Gasteiger partial charge in [-0.25, -0.2) is 0 Å². The number of rotatable bonds is 0. The van der Waals surface area contributed by atoms with Gasteiger partial charge in [0.1, 0.15) is 0 Å². The van der Waals surface area contributed by atoms with Crippen molar-refractivity contribution in [2.75, 3.05) is 18.5 Å². The summed E-state index contributed by atoms with van der Waals surface area (Å²) in [6.45, 7) is 14.7. The predicted molar refractivity (Wildman–Crippen MR) is 331 cm³/mol. The van der Waals surface area contributed by atoms with Gasteiger partial charge in [0, 0.05) is 27.5 Å². The summed E-state index contributed by atoms with van der Waals surface area (Å²) in [5, 5.41) is 0. The normalized spacial score (nSPS) is 19.4. The van der Waals surface area contributed by atoms with Crippen LogP contribution in [0.1, 0.15) is 186 Å². The second-order valence-corrected chi connectivity index (χ2v) is 26.7. The van der Waals surface area contributed by atoms with Gasteiger partial charge in [0.25, 0.3) is 0 Å². The molecule has 0 unspecified atom stereocenters. The van der Waals surface area contributed by atoms with Gasteiger partial charge >= 0.3 is 0 Å². The minimum atomic E-state index is -0.00813. The van der Waals surface area contributed by atoms with E-state index >= 15 is 0 Å². The zero-order chi connectivity index (χ0) is 52.9. The second-order valence-electron chi connectivity index (χ2n) is 26.7. The van der Waals surface area contributed by atoms with Crippen molar-refractivity contribution >= 4 is 5.69 Å². The summed E-state index contributed by atoms with van der Waals surface area (Å²) >= 11 is 0. The van der Waals surface area contributed by atoms with Crippen LogP contribution >= 0.6 is 0 Å². The van der Waals surface area contributed by atoms with E-state index in [0.717, 1.165) is 13.0 Å². The van der Waals surface area contributed by atoms with Crippen LogP contribution in [0.3, 0.4) is 0 Å². The van der Waals surface area contributed by atoms with E-state index in [1.54, 1.807) is 77.9 Å². The van der Waals surface area contributed by atoms with Gasteiger partial charge < -0.3 is 4.90 Å². The van der Waals surface area contributed by atoms with Gasteiger partial charge in [0.15, 0.2) is 0 Å². The standard InChI is InChI=1S/C28H34.C25H22.C24H23N.2H2/c1-19-13-21-17-28(11-7-4-8-12-28)24-16-20(2)14-22-18-27(9-5-3-6-10-27)23(15-19)25(21)26(22)24;1-15-11-18-7-8-19-12-16(2)14-22-24(19)23(18)21(13-15)25(22)10-9-17-5-3-4-6-20(17)25;1-16-8-10-18-19-11-9-17(2)15-22(19)24(21(18)14-16)12-13-25(3)23-7-5-4-6-20(23)24;;/h13-16H,3-12,17-18H2,1-2H3;3-6,11-14H,7-10H2,1-2H3;4-11,14-15H,12-13H2,1-3H3;2*1H. The van der Waals surface area contributed by atoms with Gasteiger partial charge in [-0.15, -0.1) is 0 Å². The van der Waals surface area contributed by atoms with Crippen molar-refractivity contribution in [3.63, 3.8) is 0 Å². The number of hydrogen-bond donors (Lipinski definition) is 0. The highest BCUT2D eigenvalue weighted by molar-refractivity contribution is 5.91. The molecule has 2 saturated carbocycles. The summed E-state index contributed by atoms with van der Waals surface area (Å²) in [6, 6.07) is 52.3. The zero-order valence-electron chi connectivity index (χ0n) is 47.9. The van der Waals surface area contributed by atoms with Crippen molar-refractivity contribution in [1.29, 1.82) is 0 Å². The van der Waals surface area contributed by atoms with Gasteiger partial charge in [0.2, 0.25) is 0 Å². The number of fused-ring (bicyclic) bond motifs is 13. The van der Waals surface area contributed by atoms with Crippen LogP contribution in [0, 0.1) is 41.5 Å². The molecule has 78 heavy (non-hydrogen) atoms. The smallest absolute Gasteiger partial charge is 0.0501 e. The molecule has 1 nitrogen and oxygen atoms in total. The summed E-state index contributed by atoms with van der Waals surface area (Å²) in [4.78, 5) is 2.41. The summed E-state index contributed by atoms with van der Waals surface area (Å²) in [5.74, 6) is 0. The van der Waals surface area contributed by atoms with E-state index in [-0.39, 0.29) is 13.7 Å². The third-order valence-electron chi connectivity index (χ3n) is 21.8. The van der Waals surface area contributed by atoms with Gasteiger partial charge in [0.05, 0.1) is 5.41 Å². The van der Waals surface area contributed by atoms with Crippen LogP contribution < -0.4 is 4.90 Å². The molecule has 1 heterocycles. The Morgan fingerprint density at radius 1 is 0.333 bits per heavy atom. The maximum atomic E-state index is 2.59. The lowest BCUT2D eigenvalue weighted by atomic mass is 9.54. The van der Waals surface area contributed by atoms with Crippen molar-refractivity contribution in [3.8, 4) is 33.4 Å². The number of para-hydroxylation sites is 1. The quantitative estimate of drug-likeness (QED) is 0.146. The summed E-state index contributed by atoms with van der Waals surface area (Å²) in [5.41, 5.74) is 41.0. The zero-order valence-corrected chi connectivity index (χ0v) is 47.9. The lowest BCUT2D eigenvalue weighted by molar-refractivity contribution is 0.275. The van der Waals surface area contributed by atoms with Crippen LogP contribution in [0.2, 0.25) is 0 Å². The van der Waals surface area contributed by atoms with Gasteiger partial charge in [-0.2, -0.15) is 0 Å². The van der Waals surface area contributed by atoms with Crippen LogP contribution in [-0.4, -0.2) is 13.6 Å². The summed E-state index contributed by atoms with van der Waals surface area (Å²) < 4.78 is 0. The Labute approximate surface area is 469 Å². The third kappa shape index (κ3) is 6.97. The first-order chi connectivity index (χ1) is 37.9. The number of aryl methyl sites for hydroxylation is 9. The fourth-order valence-corrected chi connectivity index (χ4v) is 18.6. The first-order valence-electron chi connectivity index (χ1n) is 30.6. The monoisotopic (exact) mass is 1020 g/mol. The Morgan fingerprint density at radius 2 is 0.756 bits per heavy atom. The van der Waals surface area contributed by atoms with Gasteiger partial charge in [-0.3, -0.25) is 0 Å². The van der Waals surface area contributed by atoms with E-state index < -0.39 is 0 Å². The fraction of sp³-hybridized carbons (Fsp3) is 0.377. The molecule has 17 rings (SSSR count). The van der Waals surface area contributed by atoms with Crippen LogP contribution in [0.4, 0.5) is 5.69 Å². The molecule has 8 aromatic rings. The third-order valence-corrected chi connectivity index (χ3v) is 21.8. The minimum Gasteiger partial charge on any atom is -0.374 e. The van der Waals surface area contributed by atoms with E-state index in [4.69, 9.17) is 0 Å². The molecule has 0 amide bonds. The molecule has 0 atom stereocenters. The minimum absolute atomic E-state index is 0. The lowest BCUT2D eigenvalue weighted by Gasteiger charge is -2.50. The molecule has 396 valence electrons. The van der Waals surface area contributed by atoms with Crippen molar-refractivity contribution in [2.45, 2.75) is 172 Å². The van der Waals surface area contributed by atoms with E-state index in [9.17, 15) is 0 Å². The van der Waals surface area contributed by atoms with E-state index in [1.807, 2.05) is 0 Å². The second kappa shape index (κ2) is 17.8. The average molecular weight is 1020 g/mol. The fourth-order valence-electron chi connectivity index (χ4n) is 18.6. The molecule has 0 radical (unpaired) electrons. The van der Waals surface area contributed by atoms with Crippen LogP contribution in [0.25, 0.3) is 33.4 Å². The van der Waals surface area contributed by atoms with Crippen LogP contribution in [-0.2, 0) is 53.8 Å². The molecule has 0 bridgehead atoms. The van der Waals surface area contributed by atoms with Crippen molar-refractivity contribution in [1.82, 2.24) is 0 Å². The first-order valence-corrected chi connectivity index (χ1v) is 30.6. The highest BCUT2D eigenvalue weighted by atomic mass is 15.1. The van der Waals surface area contributed by atoms with Crippen molar-refractivity contribution in [3.05, 3.63) is 239 Å². The van der Waals surface area contributed by atoms with Gasteiger partial charge in [-0.1, -0.05) is 199 Å². The molecule has 1 aliphatic heterocycles. The molecule has 0 N–H and O–H groups in total. The van der Waals surface area contributed by atoms with Crippen LogP contribution in [0.5, 0.6) is 0 Å². The molecular formula is C77H83N. The van der Waals surface area contributed by atoms with Crippen LogP contribution in [0.15, 0.2) is 133 Å². The van der Waals surface area contributed by atoms with E-state index in [0.29, 0.717) is 10.8 Å². The number of nitrogens with zero attached hydrogens (tertiary/aromatic N) is 1. The Morgan fingerprint density at radius 3 is 1.28 bits per heavy atom. The number of anilines is 1. The lowest BCUT2D eigenvalue weighted by Crippen LogP contribution is -2.40. The average Bonchev–Trinajstić information content (AvgIpc) is 4.12. The molecule has 8 aliphatic carbocycles. The number of benzene rings is 8. The maximum absolute atomic E-state index is 2.59. The molecule has 2 fully saturated rings. The van der Waals surface area contributed by atoms with Crippen molar-refractivity contribution in [2.24, 2.45) is 0 Å². The molecule has 1 heteroatoms. The highest BCUT2D eigenvalue weighted by Gasteiger charge is 2.52. The summed E-state index contributed by atoms with van der Waals surface area (Å²) in [6.07, 6.45) is 22.7. The molecule has 0 saturated heterocycles. The molecule has 4 spiro atoms. The number of hydrogen-bond acceptors (Lipinski definition) is 1. The Balaban J connectivity index is 0.000000112. The van der Waals surface area contributed by atoms with E-state index in [1.165, 1.54) is 170 Å². The molecule has 0 aromatic heterocycles. The Hall–Kier alpha value is -6.44. The molecule has 8 aromatic carbocycles. The van der Waals surface area contributed by atoms with Gasteiger partial charge in [-0.05, 0) is 235 Å².